The third-order valence-electron chi connectivity index (χ3n) is 8.88. The average molecular weight is 614 g/mol. The summed E-state index contributed by atoms with van der Waals surface area (Å²) in [5, 5.41) is 22.0. The van der Waals surface area contributed by atoms with E-state index in [9.17, 15) is 29.1 Å². The van der Waals surface area contributed by atoms with Gasteiger partial charge >= 0.3 is 0 Å². The van der Waals surface area contributed by atoms with E-state index in [1.54, 1.807) is 4.90 Å². The maximum Gasteiger partial charge on any atom is 0.272 e. The van der Waals surface area contributed by atoms with Crippen LogP contribution in [0.4, 0.5) is 0 Å². The highest BCUT2D eigenvalue weighted by molar-refractivity contribution is 5.98. The molecule has 1 aromatic heterocycles. The topological polar surface area (TPSA) is 183 Å². The molecule has 5 N–H and O–H groups in total. The number of hydrogen-bond donors (Lipinski definition) is 5. The first-order valence-corrected chi connectivity index (χ1v) is 15.8. The Morgan fingerprint density at radius 3 is 2.36 bits per heavy atom. The van der Waals surface area contributed by atoms with Crippen LogP contribution in [0.25, 0.3) is 0 Å². The smallest absolute Gasteiger partial charge is 0.272 e. The molecule has 0 spiro atoms. The van der Waals surface area contributed by atoms with E-state index < -0.39 is 59.3 Å². The molecule has 242 valence electrons. The standard InChI is InChI=1S/C31H47N7O6/c1-6-8-21(24(39)29(43)35-19-11-12-19)36-28(42)23-20-10-7-9-18(20)16-38(23)30(44)25(31(3,4)5)37-26(40)17(2)34-27(41)22-15-32-13-14-33-22/h13-15,17-21,23-25,39H,6-12,16H2,1-5H3,(H,34,41)(H,35,43)(H,36,42)(H,37,40)/t17-,18-,20-,21?,23-,24?,25+/m0/s1. The molecule has 0 bridgehead atoms. The van der Waals surface area contributed by atoms with Gasteiger partial charge in [-0.3, -0.25) is 29.0 Å². The number of hydrogen-bond acceptors (Lipinski definition) is 8. The lowest BCUT2D eigenvalue weighted by atomic mass is 9.85. The van der Waals surface area contributed by atoms with Crippen molar-refractivity contribution in [3.8, 4) is 0 Å². The minimum atomic E-state index is -1.40. The fraction of sp³-hybridized carbons (Fsp3) is 0.710. The molecule has 2 aliphatic carbocycles. The highest BCUT2D eigenvalue weighted by atomic mass is 16.3. The van der Waals surface area contributed by atoms with Gasteiger partial charge in [-0.15, -0.1) is 0 Å². The fourth-order valence-electron chi connectivity index (χ4n) is 6.29. The molecule has 5 amide bonds. The van der Waals surface area contributed by atoms with Crippen molar-refractivity contribution in [3.63, 3.8) is 0 Å². The lowest BCUT2D eigenvalue weighted by Gasteiger charge is -2.37. The molecule has 0 aromatic carbocycles. The SMILES string of the molecule is CCCC(NC(=O)[C@@H]1[C@H]2CCC[C@H]2CN1C(=O)[C@@H](NC(=O)[C@H](C)NC(=O)c1cnccn1)C(C)(C)C)C(O)C(=O)NC1CC1. The minimum Gasteiger partial charge on any atom is -0.381 e. The number of fused-ring (bicyclic) bond motifs is 1. The van der Waals surface area contributed by atoms with Crippen molar-refractivity contribution in [2.75, 3.05) is 6.54 Å². The number of rotatable bonds is 12. The van der Waals surface area contributed by atoms with Gasteiger partial charge in [0.15, 0.2) is 6.10 Å². The number of amides is 5. The number of aliphatic hydroxyl groups excluding tert-OH is 1. The molecule has 3 aliphatic rings. The van der Waals surface area contributed by atoms with E-state index in [1.165, 1.54) is 25.5 Å². The molecule has 13 nitrogen and oxygen atoms in total. The van der Waals surface area contributed by atoms with Gasteiger partial charge in [0.05, 0.1) is 12.2 Å². The average Bonchev–Trinajstić information content (AvgIpc) is 3.54. The molecular formula is C31H47N7O6. The van der Waals surface area contributed by atoms with Gasteiger partial charge in [-0.05, 0) is 56.3 Å². The molecule has 13 heteroatoms. The molecule has 4 rings (SSSR count). The first-order valence-electron chi connectivity index (χ1n) is 15.8. The van der Waals surface area contributed by atoms with Gasteiger partial charge in [-0.2, -0.15) is 0 Å². The summed E-state index contributed by atoms with van der Waals surface area (Å²) in [6.07, 6.45) is 8.13. The Kier molecular flexibility index (Phi) is 10.6. The Bertz CT molecular complexity index is 1220. The number of carbonyl (C=O) groups excluding carboxylic acids is 5. The molecule has 0 radical (unpaired) electrons. The summed E-state index contributed by atoms with van der Waals surface area (Å²) in [7, 11) is 0. The summed E-state index contributed by atoms with van der Waals surface area (Å²) in [6.45, 7) is 9.30. The number of aliphatic hydroxyl groups is 1. The van der Waals surface area contributed by atoms with Crippen LogP contribution in [0.2, 0.25) is 0 Å². The molecule has 2 heterocycles. The molecule has 44 heavy (non-hydrogen) atoms. The van der Waals surface area contributed by atoms with Crippen molar-refractivity contribution in [2.24, 2.45) is 17.3 Å². The third-order valence-corrected chi connectivity index (χ3v) is 8.88. The van der Waals surface area contributed by atoms with Crippen LogP contribution in [-0.2, 0) is 19.2 Å². The zero-order chi connectivity index (χ0) is 32.2. The van der Waals surface area contributed by atoms with Gasteiger partial charge in [0.2, 0.25) is 17.7 Å². The van der Waals surface area contributed by atoms with Crippen LogP contribution in [0.15, 0.2) is 18.6 Å². The first-order chi connectivity index (χ1) is 20.8. The van der Waals surface area contributed by atoms with E-state index in [2.05, 4.69) is 31.2 Å². The zero-order valence-corrected chi connectivity index (χ0v) is 26.3. The Balaban J connectivity index is 1.49. The molecule has 2 unspecified atom stereocenters. The highest BCUT2D eigenvalue weighted by Gasteiger charge is 2.52. The number of aromatic nitrogens is 2. The van der Waals surface area contributed by atoms with Crippen LogP contribution >= 0.6 is 0 Å². The Morgan fingerprint density at radius 1 is 1.02 bits per heavy atom. The maximum atomic E-state index is 14.2. The lowest BCUT2D eigenvalue weighted by molar-refractivity contribution is -0.145. The second-order valence-corrected chi connectivity index (χ2v) is 13.5. The van der Waals surface area contributed by atoms with Gasteiger partial charge in [-0.25, -0.2) is 4.98 Å². The number of nitrogens with one attached hydrogen (secondary N) is 4. The van der Waals surface area contributed by atoms with Crippen LogP contribution in [0.3, 0.4) is 0 Å². The van der Waals surface area contributed by atoms with E-state index in [4.69, 9.17) is 0 Å². The largest absolute Gasteiger partial charge is 0.381 e. The monoisotopic (exact) mass is 613 g/mol. The van der Waals surface area contributed by atoms with Gasteiger partial charge in [-0.1, -0.05) is 40.5 Å². The number of nitrogens with zero attached hydrogens (tertiary/aromatic N) is 3. The molecule has 7 atom stereocenters. The second kappa shape index (κ2) is 14.0. The predicted octanol–water partition coefficient (Wildman–Crippen LogP) is 0.677. The number of carbonyl (C=O) groups is 5. The predicted molar refractivity (Wildman–Crippen MR) is 161 cm³/mol. The first kappa shape index (κ1) is 33.3. The minimum absolute atomic E-state index is 0.0554. The summed E-state index contributed by atoms with van der Waals surface area (Å²) in [4.78, 5) is 76.0. The van der Waals surface area contributed by atoms with Gasteiger partial charge in [0.25, 0.3) is 11.8 Å². The lowest BCUT2D eigenvalue weighted by Crippen LogP contribution is -2.61. The van der Waals surface area contributed by atoms with Crippen molar-refractivity contribution >= 4 is 29.5 Å². The third kappa shape index (κ3) is 7.91. The van der Waals surface area contributed by atoms with Gasteiger partial charge in [0.1, 0.15) is 23.8 Å². The molecule has 2 saturated carbocycles. The van der Waals surface area contributed by atoms with Gasteiger partial charge in [0, 0.05) is 25.0 Å². The van der Waals surface area contributed by atoms with Crippen LogP contribution in [-0.4, -0.2) is 92.4 Å². The number of likely N-dealkylation sites (tertiary alicyclic amines) is 1. The maximum absolute atomic E-state index is 14.2. The molecule has 1 saturated heterocycles. The van der Waals surface area contributed by atoms with Crippen molar-refractivity contribution < 1.29 is 29.1 Å². The Hall–Kier alpha value is -3.61. The van der Waals surface area contributed by atoms with E-state index >= 15 is 0 Å². The Morgan fingerprint density at radius 2 is 1.75 bits per heavy atom. The van der Waals surface area contributed by atoms with Gasteiger partial charge < -0.3 is 31.3 Å². The van der Waals surface area contributed by atoms with Crippen LogP contribution in [0.1, 0.15) is 90.1 Å². The normalized spacial score (nSPS) is 24.0. The van der Waals surface area contributed by atoms with E-state index in [1.807, 2.05) is 27.7 Å². The van der Waals surface area contributed by atoms with Crippen LogP contribution < -0.4 is 21.3 Å². The Labute approximate surface area is 258 Å². The zero-order valence-electron chi connectivity index (χ0n) is 26.3. The molecule has 1 aromatic rings. The van der Waals surface area contributed by atoms with E-state index in [-0.39, 0.29) is 29.5 Å². The summed E-state index contributed by atoms with van der Waals surface area (Å²) in [6, 6.07) is -3.47. The summed E-state index contributed by atoms with van der Waals surface area (Å²) >= 11 is 0. The second-order valence-electron chi connectivity index (χ2n) is 13.5. The summed E-state index contributed by atoms with van der Waals surface area (Å²) in [5.74, 6) is -2.31. The fourth-order valence-corrected chi connectivity index (χ4v) is 6.29. The van der Waals surface area contributed by atoms with E-state index in [0.717, 1.165) is 32.1 Å². The van der Waals surface area contributed by atoms with Crippen LogP contribution in [0, 0.1) is 17.3 Å². The highest BCUT2D eigenvalue weighted by Crippen LogP contribution is 2.43. The van der Waals surface area contributed by atoms with Crippen molar-refractivity contribution in [1.29, 1.82) is 0 Å². The quantitative estimate of drug-likeness (QED) is 0.228. The summed E-state index contributed by atoms with van der Waals surface area (Å²) < 4.78 is 0. The summed E-state index contributed by atoms with van der Waals surface area (Å²) in [5.41, 5.74) is -0.661. The van der Waals surface area contributed by atoms with Crippen molar-refractivity contribution in [1.82, 2.24) is 36.1 Å². The van der Waals surface area contributed by atoms with Crippen molar-refractivity contribution in [3.05, 3.63) is 24.3 Å². The molecular weight excluding hydrogens is 566 g/mol. The van der Waals surface area contributed by atoms with Crippen molar-refractivity contribution in [2.45, 2.75) is 116 Å². The van der Waals surface area contributed by atoms with Crippen LogP contribution in [0.5, 0.6) is 0 Å². The molecule has 1 aliphatic heterocycles. The van der Waals surface area contributed by atoms with E-state index in [0.29, 0.717) is 19.4 Å². The molecule has 3 fully saturated rings.